The Kier molecular flexibility index (Phi) is 23.7. The molecule has 0 unspecified atom stereocenters. The molecule has 2 rings (SSSR count). The zero-order chi connectivity index (χ0) is 14.1. The Bertz CT molecular complexity index is 395. The summed E-state index contributed by atoms with van der Waals surface area (Å²) in [5.41, 5.74) is 7.02. The molecule has 0 atom stereocenters. The second kappa shape index (κ2) is 16.9. The van der Waals surface area contributed by atoms with E-state index >= 15 is 0 Å². The second-order valence-corrected chi connectivity index (χ2v) is 5.96. The summed E-state index contributed by atoms with van der Waals surface area (Å²) in [6.07, 6.45) is 8.33. The molecular weight excluding hydrogens is 394 g/mol. The van der Waals surface area contributed by atoms with E-state index in [0.717, 1.165) is 15.9 Å². The second-order valence-electron chi connectivity index (χ2n) is 4.80. The van der Waals surface area contributed by atoms with Crippen molar-refractivity contribution in [1.82, 2.24) is 0 Å². The summed E-state index contributed by atoms with van der Waals surface area (Å²) >= 11 is 0. The van der Waals surface area contributed by atoms with Crippen LogP contribution in [0.3, 0.4) is 0 Å². The van der Waals surface area contributed by atoms with Gasteiger partial charge in [0, 0.05) is 9.52 Å². The van der Waals surface area contributed by atoms with Gasteiger partial charge >= 0.3 is 26.2 Å². The molecule has 4 heteroatoms. The van der Waals surface area contributed by atoms with Crippen LogP contribution in [0.25, 0.3) is 0 Å². The van der Waals surface area contributed by atoms with Crippen LogP contribution >= 0.6 is 0 Å². The molecule has 0 fully saturated rings. The summed E-state index contributed by atoms with van der Waals surface area (Å²) in [6, 6.07) is 2.24. The van der Waals surface area contributed by atoms with E-state index in [1.807, 2.05) is 0 Å². The number of hydrogen-bond acceptors (Lipinski definition) is 0. The van der Waals surface area contributed by atoms with E-state index in [1.54, 1.807) is 0 Å². The van der Waals surface area contributed by atoms with Gasteiger partial charge in [-0.05, 0) is 0 Å². The first-order chi connectivity index (χ1) is 8.43. The molecule has 21 heavy (non-hydrogen) atoms. The molecule has 0 N–H and O–H groups in total. The van der Waals surface area contributed by atoms with Crippen LogP contribution in [0.2, 0.25) is 13.1 Å². The van der Waals surface area contributed by atoms with E-state index in [-0.39, 0.29) is 51.0 Å². The van der Waals surface area contributed by atoms with Gasteiger partial charge in [0.25, 0.3) is 0 Å². The average molecular weight is 422 g/mol. The predicted molar refractivity (Wildman–Crippen MR) is 86.0 cm³/mol. The Balaban J connectivity index is -0.000000107. The minimum atomic E-state index is 0. The van der Waals surface area contributed by atoms with Crippen LogP contribution in [0.15, 0.2) is 23.8 Å². The van der Waals surface area contributed by atoms with Crippen LogP contribution < -0.4 is 24.8 Å². The van der Waals surface area contributed by atoms with Crippen molar-refractivity contribution < 1.29 is 51.0 Å². The van der Waals surface area contributed by atoms with Crippen LogP contribution in [0.1, 0.15) is 35.6 Å². The summed E-state index contributed by atoms with van der Waals surface area (Å²) in [4.78, 5) is 0. The number of allylic oxidation sites excluding steroid dienone is 4. The Labute approximate surface area is 166 Å². The first kappa shape index (κ1) is 29.5. The first-order valence-corrected chi connectivity index (χ1v) is 8.93. The van der Waals surface area contributed by atoms with Crippen molar-refractivity contribution in [2.75, 3.05) is 0 Å². The van der Waals surface area contributed by atoms with Crippen LogP contribution in [0.4, 0.5) is 0 Å². The van der Waals surface area contributed by atoms with Crippen LogP contribution in [0.5, 0.6) is 0 Å². The van der Waals surface area contributed by atoms with E-state index in [2.05, 4.69) is 72.0 Å². The van der Waals surface area contributed by atoms with Crippen molar-refractivity contribution in [3.05, 3.63) is 52.1 Å². The fourth-order valence-corrected chi connectivity index (χ4v) is 1.65. The van der Waals surface area contributed by atoms with E-state index in [0.29, 0.717) is 0 Å². The molecule has 117 valence electrons. The molecule has 0 heterocycles. The van der Waals surface area contributed by atoms with E-state index < -0.39 is 0 Å². The third kappa shape index (κ3) is 12.7. The van der Waals surface area contributed by atoms with Gasteiger partial charge in [-0.1, -0.05) is 47.7 Å². The third-order valence-electron chi connectivity index (χ3n) is 3.05. The zero-order valence-corrected chi connectivity index (χ0v) is 19.4. The molecule has 0 aliphatic heterocycles. The van der Waals surface area contributed by atoms with Crippen LogP contribution in [-0.4, -0.2) is 9.52 Å². The Hall–Kier alpha value is 0.510. The fraction of sp³-hybridized carbons (Fsp3) is 0.471. The molecule has 1 aromatic rings. The molecule has 0 nitrogen and oxygen atoms in total. The topological polar surface area (TPSA) is 0 Å². The van der Waals surface area contributed by atoms with E-state index in [1.165, 1.54) is 27.8 Å². The van der Waals surface area contributed by atoms with Gasteiger partial charge in [0.15, 0.2) is 0 Å². The maximum absolute atomic E-state index is 3.12. The van der Waals surface area contributed by atoms with Crippen LogP contribution in [0, 0.1) is 33.8 Å². The quantitative estimate of drug-likeness (QED) is 0.367. The van der Waals surface area contributed by atoms with E-state index in [4.69, 9.17) is 0 Å². The maximum Gasteiger partial charge on any atom is 4.00 e. The summed E-state index contributed by atoms with van der Waals surface area (Å²) in [5.74, 6) is 0. The van der Waals surface area contributed by atoms with Gasteiger partial charge in [0.2, 0.25) is 0 Å². The van der Waals surface area contributed by atoms with Gasteiger partial charge in [-0.25, -0.2) is 11.6 Å². The van der Waals surface area contributed by atoms with Crippen molar-refractivity contribution in [1.29, 1.82) is 0 Å². The Morgan fingerprint density at radius 2 is 1.33 bits per heavy atom. The largest absolute Gasteiger partial charge is 4.00 e. The normalized spacial score (nSPS) is 10.5. The van der Waals surface area contributed by atoms with Gasteiger partial charge < -0.3 is 24.8 Å². The van der Waals surface area contributed by atoms with Crippen LogP contribution in [-0.2, 0) is 26.2 Å². The summed E-state index contributed by atoms with van der Waals surface area (Å²) in [6.45, 7) is 15.2. The average Bonchev–Trinajstić information content (AvgIpc) is 2.86. The standard InChI is InChI=1S/C9H13.C6H7.C2H7Si.2ClH.Zr/c1-6-5-7(2)9(4)8(6)3;1-6-4-2-3-5-6;1-3-2;;;/h5H,1-4H3;2,4H,3H2,1H3;3H,1-2H3;2*1H;/q2*-1;;;;+4/p-2. The number of rotatable bonds is 0. The summed E-state index contributed by atoms with van der Waals surface area (Å²) in [7, 11) is 0.750. The molecular formula is C17H27Cl2SiZr. The first-order valence-electron chi connectivity index (χ1n) is 6.62. The molecule has 0 saturated carbocycles. The molecule has 1 aromatic carbocycles. The van der Waals surface area contributed by atoms with Gasteiger partial charge in [-0.3, -0.25) is 6.08 Å². The Morgan fingerprint density at radius 3 is 1.43 bits per heavy atom. The fourth-order valence-electron chi connectivity index (χ4n) is 1.65. The van der Waals surface area contributed by atoms with Crippen molar-refractivity contribution in [3.63, 3.8) is 0 Å². The molecule has 1 aliphatic carbocycles. The SMILES string of the molecule is CC1=[C-]CC=C1.C[SiH]C.Cc1[cH-]c(C)c(C)c1C.[Cl-].[Cl-].[Zr+4]. The number of aryl methyl sites for hydroxylation is 2. The van der Waals surface area contributed by atoms with Crippen molar-refractivity contribution in [2.24, 2.45) is 0 Å². The summed E-state index contributed by atoms with van der Waals surface area (Å²) in [5, 5.41) is 0. The molecule has 0 amide bonds. The monoisotopic (exact) mass is 419 g/mol. The summed E-state index contributed by atoms with van der Waals surface area (Å²) < 4.78 is 0. The number of halogens is 2. The minimum Gasteiger partial charge on any atom is -1.00 e. The molecule has 0 aromatic heterocycles. The van der Waals surface area contributed by atoms with Gasteiger partial charge in [0.05, 0.1) is 0 Å². The predicted octanol–water partition coefficient (Wildman–Crippen LogP) is -1.14. The van der Waals surface area contributed by atoms with Gasteiger partial charge in [-0.2, -0.15) is 34.4 Å². The Morgan fingerprint density at radius 1 is 0.952 bits per heavy atom. The smallest absolute Gasteiger partial charge is 1.00 e. The van der Waals surface area contributed by atoms with Crippen molar-refractivity contribution in [2.45, 2.75) is 54.1 Å². The molecule has 0 saturated heterocycles. The van der Waals surface area contributed by atoms with Crippen molar-refractivity contribution >= 4 is 9.52 Å². The zero-order valence-electron chi connectivity index (χ0n) is 14.3. The van der Waals surface area contributed by atoms with E-state index in [9.17, 15) is 0 Å². The minimum absolute atomic E-state index is 0. The molecule has 0 bridgehead atoms. The molecule has 0 spiro atoms. The maximum atomic E-state index is 3.12. The number of hydrogen-bond donors (Lipinski definition) is 0. The third-order valence-corrected chi connectivity index (χ3v) is 3.05. The molecule has 1 aliphatic rings. The molecule has 1 radical (unpaired) electrons. The van der Waals surface area contributed by atoms with Gasteiger partial charge in [0.1, 0.15) is 0 Å². The van der Waals surface area contributed by atoms with Gasteiger partial charge in [-0.15, -0.1) is 6.42 Å². The van der Waals surface area contributed by atoms with Crippen molar-refractivity contribution in [3.8, 4) is 0 Å².